The molecule has 1 aromatic carbocycles. The predicted molar refractivity (Wildman–Crippen MR) is 82.0 cm³/mol. The molecule has 0 saturated carbocycles. The van der Waals surface area contributed by atoms with E-state index in [0.29, 0.717) is 6.61 Å². The van der Waals surface area contributed by atoms with E-state index in [1.807, 2.05) is 0 Å². The van der Waals surface area contributed by atoms with Crippen LogP contribution in [0, 0.1) is 6.92 Å². The van der Waals surface area contributed by atoms with E-state index in [2.05, 4.69) is 43.4 Å². The zero-order valence-corrected chi connectivity index (χ0v) is 12.7. The summed E-state index contributed by atoms with van der Waals surface area (Å²) in [6.07, 6.45) is 3.84. The van der Waals surface area contributed by atoms with Gasteiger partial charge in [0.2, 0.25) is 0 Å². The fourth-order valence-corrected chi connectivity index (χ4v) is 2.62. The first-order valence-corrected chi connectivity index (χ1v) is 7.80. The smallest absolute Gasteiger partial charge is 0.0953 e. The van der Waals surface area contributed by atoms with E-state index < -0.39 is 0 Å². The van der Waals surface area contributed by atoms with Crippen molar-refractivity contribution in [2.24, 2.45) is 0 Å². The number of ether oxygens (including phenoxy) is 2. The van der Waals surface area contributed by atoms with E-state index in [-0.39, 0.29) is 12.2 Å². The highest BCUT2D eigenvalue weighted by Crippen LogP contribution is 2.22. The summed E-state index contributed by atoms with van der Waals surface area (Å²) in [4.78, 5) is 0. The van der Waals surface area contributed by atoms with Crippen molar-refractivity contribution in [3.8, 4) is 0 Å². The van der Waals surface area contributed by atoms with Crippen molar-refractivity contribution in [1.82, 2.24) is 5.32 Å². The van der Waals surface area contributed by atoms with Crippen molar-refractivity contribution in [3.05, 3.63) is 35.4 Å². The van der Waals surface area contributed by atoms with Crippen LogP contribution in [0.25, 0.3) is 0 Å². The molecular formula is C17H27NO2. The number of aryl methyl sites for hydroxylation is 1. The zero-order chi connectivity index (χ0) is 14.2. The topological polar surface area (TPSA) is 30.5 Å². The summed E-state index contributed by atoms with van der Waals surface area (Å²) in [5.41, 5.74) is 2.58. The second kappa shape index (κ2) is 8.40. The molecule has 1 heterocycles. The standard InChI is InChI=1S/C17H27NO2/c1-3-10-18-12-17(16-9-5-4-7-14(16)2)20-13-15-8-6-11-19-15/h4-5,7,9,15,17-18H,3,6,8,10-13H2,1-2H3. The molecule has 0 aliphatic carbocycles. The maximum atomic E-state index is 6.15. The Hall–Kier alpha value is -0.900. The van der Waals surface area contributed by atoms with Crippen molar-refractivity contribution in [3.63, 3.8) is 0 Å². The van der Waals surface area contributed by atoms with Gasteiger partial charge in [-0.25, -0.2) is 0 Å². The molecule has 2 atom stereocenters. The molecule has 3 nitrogen and oxygen atoms in total. The van der Waals surface area contributed by atoms with E-state index in [9.17, 15) is 0 Å². The van der Waals surface area contributed by atoms with Crippen LogP contribution in [0.2, 0.25) is 0 Å². The number of benzene rings is 1. The Morgan fingerprint density at radius 2 is 2.25 bits per heavy atom. The third-order valence-corrected chi connectivity index (χ3v) is 3.80. The SMILES string of the molecule is CCCNCC(OCC1CCCO1)c1ccccc1C. The first kappa shape index (κ1) is 15.5. The summed E-state index contributed by atoms with van der Waals surface area (Å²) in [5.74, 6) is 0. The summed E-state index contributed by atoms with van der Waals surface area (Å²) in [7, 11) is 0. The molecule has 1 fully saturated rings. The van der Waals surface area contributed by atoms with Gasteiger partial charge in [-0.2, -0.15) is 0 Å². The van der Waals surface area contributed by atoms with Gasteiger partial charge in [0, 0.05) is 13.2 Å². The van der Waals surface area contributed by atoms with Crippen LogP contribution in [0.1, 0.15) is 43.4 Å². The highest BCUT2D eigenvalue weighted by atomic mass is 16.5. The van der Waals surface area contributed by atoms with Crippen molar-refractivity contribution < 1.29 is 9.47 Å². The number of hydrogen-bond acceptors (Lipinski definition) is 3. The van der Waals surface area contributed by atoms with Gasteiger partial charge in [0.25, 0.3) is 0 Å². The van der Waals surface area contributed by atoms with Gasteiger partial charge in [0.05, 0.1) is 18.8 Å². The van der Waals surface area contributed by atoms with Crippen LogP contribution < -0.4 is 5.32 Å². The number of hydrogen-bond donors (Lipinski definition) is 1. The largest absolute Gasteiger partial charge is 0.376 e. The van der Waals surface area contributed by atoms with Crippen LogP contribution in [0.5, 0.6) is 0 Å². The Kier molecular flexibility index (Phi) is 6.51. The maximum absolute atomic E-state index is 6.15. The van der Waals surface area contributed by atoms with E-state index in [4.69, 9.17) is 9.47 Å². The summed E-state index contributed by atoms with van der Waals surface area (Å²) in [5, 5.41) is 3.47. The van der Waals surface area contributed by atoms with Gasteiger partial charge in [-0.1, -0.05) is 31.2 Å². The van der Waals surface area contributed by atoms with E-state index in [1.165, 1.54) is 11.1 Å². The normalized spacial score (nSPS) is 20.2. The minimum atomic E-state index is 0.118. The maximum Gasteiger partial charge on any atom is 0.0953 e. The summed E-state index contributed by atoms with van der Waals surface area (Å²) >= 11 is 0. The molecule has 1 saturated heterocycles. The van der Waals surface area contributed by atoms with Crippen LogP contribution in [-0.2, 0) is 9.47 Å². The second-order valence-electron chi connectivity index (χ2n) is 5.52. The van der Waals surface area contributed by atoms with Crippen molar-refractivity contribution in [2.75, 3.05) is 26.3 Å². The first-order valence-electron chi connectivity index (χ1n) is 7.80. The monoisotopic (exact) mass is 277 g/mol. The van der Waals surface area contributed by atoms with Gasteiger partial charge >= 0.3 is 0 Å². The quantitative estimate of drug-likeness (QED) is 0.740. The van der Waals surface area contributed by atoms with Crippen LogP contribution in [0.4, 0.5) is 0 Å². The van der Waals surface area contributed by atoms with Crippen molar-refractivity contribution in [2.45, 2.75) is 45.3 Å². The fraction of sp³-hybridized carbons (Fsp3) is 0.647. The summed E-state index contributed by atoms with van der Waals surface area (Å²) in [6, 6.07) is 8.49. The Morgan fingerprint density at radius 1 is 1.40 bits per heavy atom. The summed E-state index contributed by atoms with van der Waals surface area (Å²) in [6.45, 7) is 7.82. The molecule has 1 N–H and O–H groups in total. The van der Waals surface area contributed by atoms with Gasteiger partial charge in [-0.15, -0.1) is 0 Å². The van der Waals surface area contributed by atoms with Gasteiger partial charge in [-0.05, 0) is 43.9 Å². The van der Waals surface area contributed by atoms with Crippen LogP contribution >= 0.6 is 0 Å². The lowest BCUT2D eigenvalue weighted by atomic mass is 10.0. The van der Waals surface area contributed by atoms with Crippen molar-refractivity contribution in [1.29, 1.82) is 0 Å². The van der Waals surface area contributed by atoms with E-state index >= 15 is 0 Å². The molecule has 0 radical (unpaired) electrons. The van der Waals surface area contributed by atoms with Crippen LogP contribution in [-0.4, -0.2) is 32.4 Å². The zero-order valence-electron chi connectivity index (χ0n) is 12.7. The lowest BCUT2D eigenvalue weighted by molar-refractivity contribution is -0.0211. The van der Waals surface area contributed by atoms with E-state index in [0.717, 1.165) is 39.0 Å². The molecule has 1 aliphatic rings. The lowest BCUT2D eigenvalue weighted by Crippen LogP contribution is -2.27. The van der Waals surface area contributed by atoms with Crippen LogP contribution in [0.3, 0.4) is 0 Å². The Bertz CT molecular complexity index is 388. The fourth-order valence-electron chi connectivity index (χ4n) is 2.62. The molecule has 0 amide bonds. The molecule has 0 bridgehead atoms. The molecule has 2 unspecified atom stereocenters. The van der Waals surface area contributed by atoms with Gasteiger partial charge in [0.1, 0.15) is 0 Å². The van der Waals surface area contributed by atoms with E-state index in [1.54, 1.807) is 0 Å². The molecule has 3 heteroatoms. The number of rotatable bonds is 8. The Labute approximate surface area is 122 Å². The molecule has 112 valence electrons. The van der Waals surface area contributed by atoms with Gasteiger partial charge < -0.3 is 14.8 Å². The molecule has 20 heavy (non-hydrogen) atoms. The third-order valence-electron chi connectivity index (χ3n) is 3.80. The minimum absolute atomic E-state index is 0.118. The second-order valence-corrected chi connectivity index (χ2v) is 5.52. The molecule has 0 spiro atoms. The molecule has 2 rings (SSSR count). The minimum Gasteiger partial charge on any atom is -0.376 e. The highest BCUT2D eigenvalue weighted by molar-refractivity contribution is 5.28. The molecule has 0 aromatic heterocycles. The average molecular weight is 277 g/mol. The lowest BCUT2D eigenvalue weighted by Gasteiger charge is -2.22. The third kappa shape index (κ3) is 4.58. The number of nitrogens with one attached hydrogen (secondary N) is 1. The Balaban J connectivity index is 1.94. The van der Waals surface area contributed by atoms with Gasteiger partial charge in [0.15, 0.2) is 0 Å². The molecular weight excluding hydrogens is 250 g/mol. The van der Waals surface area contributed by atoms with Crippen LogP contribution in [0.15, 0.2) is 24.3 Å². The first-order chi connectivity index (χ1) is 9.81. The highest BCUT2D eigenvalue weighted by Gasteiger charge is 2.20. The average Bonchev–Trinajstić information content (AvgIpc) is 2.97. The predicted octanol–water partition coefficient (Wildman–Crippen LogP) is 3.23. The molecule has 1 aliphatic heterocycles. The van der Waals surface area contributed by atoms with Gasteiger partial charge in [-0.3, -0.25) is 0 Å². The Morgan fingerprint density at radius 3 is 2.95 bits per heavy atom. The van der Waals surface area contributed by atoms with Crippen molar-refractivity contribution >= 4 is 0 Å². The molecule has 1 aromatic rings. The summed E-state index contributed by atoms with van der Waals surface area (Å²) < 4.78 is 11.8.